The highest BCUT2D eigenvalue weighted by Crippen LogP contribution is 2.40. The number of hydrogen-bond donors (Lipinski definition) is 1. The Bertz CT molecular complexity index is 1450. The molecule has 37 heavy (non-hydrogen) atoms. The molecule has 8 nitrogen and oxygen atoms in total. The highest BCUT2D eigenvalue weighted by atomic mass is 32.2. The summed E-state index contributed by atoms with van der Waals surface area (Å²) in [4.78, 5) is 10.5. The molecular formula is C26H29F2N5O3S. The summed E-state index contributed by atoms with van der Waals surface area (Å²) in [6.45, 7) is 5.83. The molecular weight excluding hydrogens is 500 g/mol. The minimum absolute atomic E-state index is 0.0323. The predicted octanol–water partition coefficient (Wildman–Crippen LogP) is 4.48. The normalized spacial score (nSPS) is 16.5. The molecule has 3 heterocycles. The van der Waals surface area contributed by atoms with Crippen LogP contribution in [0.25, 0.3) is 11.3 Å². The van der Waals surface area contributed by atoms with Gasteiger partial charge in [0.2, 0.25) is 16.0 Å². The first-order chi connectivity index (χ1) is 17.6. The van der Waals surface area contributed by atoms with Crippen molar-refractivity contribution >= 4 is 27.3 Å². The van der Waals surface area contributed by atoms with Gasteiger partial charge in [-0.2, -0.15) is 4.31 Å². The largest absolute Gasteiger partial charge is 0.486 e. The fraction of sp³-hybridized carbons (Fsp3) is 0.385. The molecule has 196 valence electrons. The van der Waals surface area contributed by atoms with Gasteiger partial charge in [-0.25, -0.2) is 27.2 Å². The first-order valence-electron chi connectivity index (χ1n) is 12.2. The Morgan fingerprint density at radius 3 is 2.70 bits per heavy atom. The molecule has 2 aromatic carbocycles. The van der Waals surface area contributed by atoms with Crippen LogP contribution in [0.4, 0.5) is 26.1 Å². The molecule has 0 saturated heterocycles. The minimum atomic E-state index is -3.30. The van der Waals surface area contributed by atoms with Gasteiger partial charge in [0.05, 0.1) is 24.7 Å². The van der Waals surface area contributed by atoms with Gasteiger partial charge in [0.25, 0.3) is 0 Å². The Kier molecular flexibility index (Phi) is 6.76. The van der Waals surface area contributed by atoms with Crippen molar-refractivity contribution in [3.05, 3.63) is 59.3 Å². The van der Waals surface area contributed by atoms with Gasteiger partial charge in [0.15, 0.2) is 17.4 Å². The summed E-state index contributed by atoms with van der Waals surface area (Å²) in [5.74, 6) is -0.940. The summed E-state index contributed by atoms with van der Waals surface area (Å²) in [6, 6.07) is 8.72. The maximum absolute atomic E-state index is 15.0. The number of ether oxygens (including phenoxy) is 1. The smallest absolute Gasteiger partial charge is 0.227 e. The molecule has 0 spiro atoms. The van der Waals surface area contributed by atoms with Crippen molar-refractivity contribution in [1.29, 1.82) is 0 Å². The third-order valence-corrected chi connectivity index (χ3v) is 8.21. The Morgan fingerprint density at radius 1 is 1.14 bits per heavy atom. The summed E-state index contributed by atoms with van der Waals surface area (Å²) in [5, 5.41) is 3.07. The van der Waals surface area contributed by atoms with E-state index in [0.29, 0.717) is 37.5 Å². The fourth-order valence-corrected chi connectivity index (χ4v) is 5.56. The zero-order valence-corrected chi connectivity index (χ0v) is 21.8. The van der Waals surface area contributed by atoms with Gasteiger partial charge in [-0.15, -0.1) is 0 Å². The van der Waals surface area contributed by atoms with Crippen LogP contribution in [-0.4, -0.2) is 54.7 Å². The second-order valence-electron chi connectivity index (χ2n) is 9.45. The number of sulfonamides is 1. The number of aromatic nitrogens is 2. The minimum Gasteiger partial charge on any atom is -0.486 e. The molecule has 0 amide bonds. The molecule has 5 rings (SSSR count). The van der Waals surface area contributed by atoms with Crippen molar-refractivity contribution in [2.24, 2.45) is 0 Å². The van der Waals surface area contributed by atoms with Crippen molar-refractivity contribution in [2.45, 2.75) is 39.3 Å². The van der Waals surface area contributed by atoms with Crippen molar-refractivity contribution in [3.8, 4) is 17.0 Å². The van der Waals surface area contributed by atoms with E-state index in [0.717, 1.165) is 23.7 Å². The van der Waals surface area contributed by atoms with E-state index >= 15 is 4.39 Å². The molecule has 0 fully saturated rings. The lowest BCUT2D eigenvalue weighted by atomic mass is 10.0. The molecule has 11 heteroatoms. The van der Waals surface area contributed by atoms with Crippen molar-refractivity contribution < 1.29 is 21.9 Å². The third kappa shape index (κ3) is 5.10. The van der Waals surface area contributed by atoms with Crippen LogP contribution in [0.1, 0.15) is 31.4 Å². The van der Waals surface area contributed by atoms with Gasteiger partial charge in [0, 0.05) is 30.4 Å². The van der Waals surface area contributed by atoms with E-state index in [1.54, 1.807) is 6.07 Å². The SMILES string of the molecule is CCC(C)N1CCOc2c(F)cc(-c3nc(Nc4ccc5c(c4)CN(S(C)(=O)=O)CC5)ncc3F)cc21. The summed E-state index contributed by atoms with van der Waals surface area (Å²) in [6.07, 6.45) is 3.74. The molecule has 2 aliphatic rings. The van der Waals surface area contributed by atoms with Crippen LogP contribution in [0.5, 0.6) is 5.75 Å². The molecule has 1 aromatic heterocycles. The summed E-state index contributed by atoms with van der Waals surface area (Å²) < 4.78 is 60.9. The average Bonchev–Trinajstić information content (AvgIpc) is 2.88. The lowest BCUT2D eigenvalue weighted by Gasteiger charge is -2.36. The van der Waals surface area contributed by atoms with E-state index in [4.69, 9.17) is 4.74 Å². The van der Waals surface area contributed by atoms with Gasteiger partial charge < -0.3 is 15.0 Å². The molecule has 3 aromatic rings. The number of fused-ring (bicyclic) bond motifs is 2. The molecule has 0 bridgehead atoms. The number of nitrogens with one attached hydrogen (secondary N) is 1. The van der Waals surface area contributed by atoms with E-state index in [1.165, 1.54) is 16.6 Å². The van der Waals surface area contributed by atoms with Crippen LogP contribution in [0.3, 0.4) is 0 Å². The van der Waals surface area contributed by atoms with Crippen LogP contribution in [0.2, 0.25) is 0 Å². The third-order valence-electron chi connectivity index (χ3n) is 6.96. The first-order valence-corrected chi connectivity index (χ1v) is 14.1. The number of anilines is 3. The van der Waals surface area contributed by atoms with Crippen molar-refractivity contribution in [1.82, 2.24) is 14.3 Å². The Balaban J connectivity index is 1.46. The number of benzene rings is 2. The van der Waals surface area contributed by atoms with Gasteiger partial charge in [-0.05, 0) is 55.2 Å². The van der Waals surface area contributed by atoms with Crippen LogP contribution in [-0.2, 0) is 23.0 Å². The van der Waals surface area contributed by atoms with Crippen LogP contribution in [0, 0.1) is 11.6 Å². The molecule has 2 aliphatic heterocycles. The maximum Gasteiger partial charge on any atom is 0.227 e. The Hall–Kier alpha value is -3.31. The second-order valence-corrected chi connectivity index (χ2v) is 11.4. The molecule has 0 radical (unpaired) electrons. The van der Waals surface area contributed by atoms with Gasteiger partial charge in [0.1, 0.15) is 12.3 Å². The zero-order chi connectivity index (χ0) is 26.3. The van der Waals surface area contributed by atoms with E-state index in [-0.39, 0.29) is 35.5 Å². The van der Waals surface area contributed by atoms with Gasteiger partial charge >= 0.3 is 0 Å². The highest BCUT2D eigenvalue weighted by molar-refractivity contribution is 7.88. The predicted molar refractivity (Wildman–Crippen MR) is 139 cm³/mol. The monoisotopic (exact) mass is 529 g/mol. The Labute approximate surface area is 215 Å². The van der Waals surface area contributed by atoms with Crippen LogP contribution in [0.15, 0.2) is 36.5 Å². The summed E-state index contributed by atoms with van der Waals surface area (Å²) in [5.41, 5.74) is 3.42. The number of hydrogen-bond acceptors (Lipinski definition) is 7. The first kappa shape index (κ1) is 25.3. The number of rotatable bonds is 6. The maximum atomic E-state index is 15.0. The van der Waals surface area contributed by atoms with E-state index < -0.39 is 21.7 Å². The molecule has 0 saturated carbocycles. The standard InChI is InChI=1S/C26H29F2N5O3S/c1-4-16(2)33-9-10-36-25-21(27)12-18(13-23(25)33)24-22(28)14-29-26(31-24)30-20-6-5-17-7-8-32(37(3,34)35)15-19(17)11-20/h5-6,11-14,16H,4,7-10,15H2,1-3H3,(H,29,30,31). The molecule has 1 N–H and O–H groups in total. The van der Waals surface area contributed by atoms with E-state index in [1.807, 2.05) is 18.2 Å². The molecule has 1 unspecified atom stereocenters. The number of halogens is 2. The molecule has 0 aliphatic carbocycles. The number of nitrogens with zero attached hydrogens (tertiary/aromatic N) is 4. The van der Waals surface area contributed by atoms with Crippen LogP contribution < -0.4 is 15.0 Å². The van der Waals surface area contributed by atoms with Gasteiger partial charge in [-0.3, -0.25) is 0 Å². The van der Waals surface area contributed by atoms with Crippen LogP contribution >= 0.6 is 0 Å². The van der Waals surface area contributed by atoms with E-state index in [9.17, 15) is 12.8 Å². The average molecular weight is 530 g/mol. The topological polar surface area (TPSA) is 87.7 Å². The van der Waals surface area contributed by atoms with Crippen molar-refractivity contribution in [2.75, 3.05) is 36.2 Å². The quantitative estimate of drug-likeness (QED) is 0.504. The highest BCUT2D eigenvalue weighted by Gasteiger charge is 2.27. The van der Waals surface area contributed by atoms with Gasteiger partial charge in [-0.1, -0.05) is 13.0 Å². The lowest BCUT2D eigenvalue weighted by Crippen LogP contribution is -2.39. The summed E-state index contributed by atoms with van der Waals surface area (Å²) in [7, 11) is -3.30. The fourth-order valence-electron chi connectivity index (χ4n) is 4.77. The second kappa shape index (κ2) is 9.86. The summed E-state index contributed by atoms with van der Waals surface area (Å²) >= 11 is 0. The Morgan fingerprint density at radius 2 is 1.95 bits per heavy atom. The van der Waals surface area contributed by atoms with Crippen molar-refractivity contribution in [3.63, 3.8) is 0 Å². The zero-order valence-electron chi connectivity index (χ0n) is 21.0. The molecule has 1 atom stereocenters. The van der Waals surface area contributed by atoms with E-state index in [2.05, 4.69) is 34.0 Å². The lowest BCUT2D eigenvalue weighted by molar-refractivity contribution is 0.285.